The second kappa shape index (κ2) is 7.53. The lowest BCUT2D eigenvalue weighted by Gasteiger charge is -2.22. The maximum atomic E-state index is 13.9. The fourth-order valence-electron chi connectivity index (χ4n) is 2.02. The molecule has 0 saturated heterocycles. The molecule has 8 heteroatoms. The van der Waals surface area contributed by atoms with Crippen LogP contribution in [0.25, 0.3) is 0 Å². The van der Waals surface area contributed by atoms with Gasteiger partial charge in [0.05, 0.1) is 16.3 Å². The molecule has 2 aromatic carbocycles. The number of benzene rings is 2. The Morgan fingerprint density at radius 1 is 1.23 bits per heavy atom. The normalized spacial score (nSPS) is 12.6. The fraction of sp³-hybridized carbons (Fsp3) is 0.278. The van der Waals surface area contributed by atoms with Gasteiger partial charge in [-0.25, -0.2) is 17.6 Å². The van der Waals surface area contributed by atoms with E-state index in [4.69, 9.17) is 16.3 Å². The van der Waals surface area contributed by atoms with Gasteiger partial charge in [-0.05, 0) is 43.7 Å². The van der Waals surface area contributed by atoms with E-state index < -0.39 is 29.6 Å². The predicted octanol–water partition coefficient (Wildman–Crippen LogP) is 5.60. The lowest BCUT2D eigenvalue weighted by molar-refractivity contribution is -0.0719. The van der Waals surface area contributed by atoms with E-state index in [0.29, 0.717) is 6.92 Å². The molecule has 0 saturated carbocycles. The van der Waals surface area contributed by atoms with Crippen molar-refractivity contribution in [1.29, 1.82) is 0 Å². The molecule has 140 valence electrons. The third kappa shape index (κ3) is 4.46. The summed E-state index contributed by atoms with van der Waals surface area (Å²) in [6.45, 7) is 3.17. The van der Waals surface area contributed by atoms with E-state index in [1.807, 2.05) is 0 Å². The first-order valence-electron chi connectivity index (χ1n) is 7.60. The molecule has 2 rings (SSSR count). The van der Waals surface area contributed by atoms with E-state index >= 15 is 0 Å². The number of nitrogens with one attached hydrogen (secondary N) is 1. The van der Waals surface area contributed by atoms with E-state index in [2.05, 4.69) is 5.32 Å². The van der Waals surface area contributed by atoms with Gasteiger partial charge in [0.2, 0.25) is 0 Å². The number of ether oxygens (including phenoxy) is 1. The number of halogens is 5. The number of amides is 1. The van der Waals surface area contributed by atoms with Gasteiger partial charge in [0.1, 0.15) is 17.4 Å². The molecule has 1 atom stereocenters. The third-order valence-electron chi connectivity index (χ3n) is 3.72. The Morgan fingerprint density at radius 2 is 1.88 bits per heavy atom. The van der Waals surface area contributed by atoms with Gasteiger partial charge in [-0.1, -0.05) is 17.7 Å². The summed E-state index contributed by atoms with van der Waals surface area (Å²) in [6, 6.07) is 5.75. The van der Waals surface area contributed by atoms with E-state index in [1.54, 1.807) is 0 Å². The van der Waals surface area contributed by atoms with Crippen LogP contribution >= 0.6 is 11.6 Å². The van der Waals surface area contributed by atoms with E-state index in [-0.39, 0.29) is 27.6 Å². The Labute approximate surface area is 152 Å². The van der Waals surface area contributed by atoms with Crippen molar-refractivity contribution in [2.45, 2.75) is 32.8 Å². The number of carbonyl (C=O) groups excluding carboxylic acids is 1. The Morgan fingerprint density at radius 3 is 2.46 bits per heavy atom. The molecule has 3 nitrogen and oxygen atoms in total. The molecule has 2 aromatic rings. The van der Waals surface area contributed by atoms with Crippen molar-refractivity contribution >= 4 is 23.2 Å². The topological polar surface area (TPSA) is 38.3 Å². The van der Waals surface area contributed by atoms with Crippen LogP contribution in [0.1, 0.15) is 29.8 Å². The number of hydrogen-bond acceptors (Lipinski definition) is 2. The maximum absolute atomic E-state index is 13.9. The average Bonchev–Trinajstić information content (AvgIpc) is 2.53. The monoisotopic (exact) mass is 389 g/mol. The van der Waals surface area contributed by atoms with Crippen LogP contribution in [0.4, 0.5) is 23.2 Å². The largest absolute Gasteiger partial charge is 0.484 e. The number of anilines is 1. The Kier molecular flexibility index (Phi) is 5.81. The second-order valence-corrected chi connectivity index (χ2v) is 6.27. The smallest absolute Gasteiger partial charge is 0.281 e. The zero-order valence-corrected chi connectivity index (χ0v) is 14.9. The minimum Gasteiger partial charge on any atom is -0.484 e. The number of alkyl halides is 2. The first kappa shape index (κ1) is 20.0. The molecule has 0 bridgehead atoms. The highest BCUT2D eigenvalue weighted by molar-refractivity contribution is 6.34. The molecular formula is C18H16ClF4NO2. The van der Waals surface area contributed by atoms with Crippen LogP contribution in [-0.4, -0.2) is 17.9 Å². The number of hydrogen-bond donors (Lipinski definition) is 1. The Balaban J connectivity index is 2.41. The fourth-order valence-corrected chi connectivity index (χ4v) is 2.23. The maximum Gasteiger partial charge on any atom is 0.281 e. The standard InChI is InChI=1S/C18H16ClF4NO2/c1-9-7-15(26-10(2)18(3,22)23)11(8-14(9)21)17(25)24-16-12(19)5-4-6-13(16)20/h4-8,10H,1-3H3,(H,24,25)/t10-/m0/s1. The number of carbonyl (C=O) groups is 1. The molecule has 0 unspecified atom stereocenters. The zero-order chi connectivity index (χ0) is 19.6. The molecule has 0 spiro atoms. The van der Waals surface area contributed by atoms with Crippen LogP contribution in [0.2, 0.25) is 5.02 Å². The summed E-state index contributed by atoms with van der Waals surface area (Å²) in [5.74, 6) is -5.92. The van der Waals surface area contributed by atoms with Crippen molar-refractivity contribution in [2.75, 3.05) is 5.32 Å². The number of para-hydroxylation sites is 1. The summed E-state index contributed by atoms with van der Waals surface area (Å²) in [7, 11) is 0. The quantitative estimate of drug-likeness (QED) is 0.676. The van der Waals surface area contributed by atoms with Crippen molar-refractivity contribution in [3.8, 4) is 5.75 Å². The van der Waals surface area contributed by atoms with E-state index in [1.165, 1.54) is 19.1 Å². The van der Waals surface area contributed by atoms with Gasteiger partial charge in [-0.3, -0.25) is 4.79 Å². The van der Waals surface area contributed by atoms with Gasteiger partial charge in [-0.2, -0.15) is 0 Å². The number of aryl methyl sites for hydroxylation is 1. The van der Waals surface area contributed by atoms with Crippen LogP contribution in [0.3, 0.4) is 0 Å². The Bertz CT molecular complexity index is 816. The molecule has 0 radical (unpaired) electrons. The van der Waals surface area contributed by atoms with Gasteiger partial charge in [0.25, 0.3) is 11.8 Å². The van der Waals surface area contributed by atoms with Crippen LogP contribution in [0, 0.1) is 18.6 Å². The van der Waals surface area contributed by atoms with Gasteiger partial charge < -0.3 is 10.1 Å². The van der Waals surface area contributed by atoms with Crippen LogP contribution in [0.15, 0.2) is 30.3 Å². The summed E-state index contributed by atoms with van der Waals surface area (Å²) in [5, 5.41) is 2.15. The molecule has 1 amide bonds. The van der Waals surface area contributed by atoms with Crippen LogP contribution in [-0.2, 0) is 0 Å². The van der Waals surface area contributed by atoms with Crippen molar-refractivity contribution in [2.24, 2.45) is 0 Å². The van der Waals surface area contributed by atoms with Gasteiger partial charge in [-0.15, -0.1) is 0 Å². The summed E-state index contributed by atoms with van der Waals surface area (Å²) >= 11 is 5.84. The van der Waals surface area contributed by atoms with Crippen LogP contribution in [0.5, 0.6) is 5.75 Å². The molecular weight excluding hydrogens is 374 g/mol. The number of rotatable bonds is 5. The van der Waals surface area contributed by atoms with Crippen LogP contribution < -0.4 is 10.1 Å². The molecule has 26 heavy (non-hydrogen) atoms. The summed E-state index contributed by atoms with van der Waals surface area (Å²) in [4.78, 5) is 12.5. The van der Waals surface area contributed by atoms with E-state index in [9.17, 15) is 22.4 Å². The third-order valence-corrected chi connectivity index (χ3v) is 4.04. The minimum atomic E-state index is -3.19. The van der Waals surface area contributed by atoms with Crippen molar-refractivity contribution < 1.29 is 27.1 Å². The van der Waals surface area contributed by atoms with Crippen molar-refractivity contribution in [3.05, 3.63) is 58.1 Å². The summed E-state index contributed by atoms with van der Waals surface area (Å²) < 4.78 is 59.7. The van der Waals surface area contributed by atoms with Gasteiger partial charge in [0, 0.05) is 6.92 Å². The molecule has 0 aromatic heterocycles. The molecule has 0 aliphatic carbocycles. The lowest BCUT2D eigenvalue weighted by atomic mass is 10.1. The summed E-state index contributed by atoms with van der Waals surface area (Å²) in [6.07, 6.45) is -1.57. The molecule has 0 heterocycles. The highest BCUT2D eigenvalue weighted by Crippen LogP contribution is 2.30. The second-order valence-electron chi connectivity index (χ2n) is 5.86. The highest BCUT2D eigenvalue weighted by atomic mass is 35.5. The molecule has 0 aliphatic heterocycles. The summed E-state index contributed by atoms with van der Waals surface area (Å²) in [5.41, 5.74) is -0.560. The highest BCUT2D eigenvalue weighted by Gasteiger charge is 2.33. The SMILES string of the molecule is Cc1cc(O[C@@H](C)C(C)(F)F)c(C(=O)Nc2c(F)cccc2Cl)cc1F. The lowest BCUT2D eigenvalue weighted by Crippen LogP contribution is -2.33. The zero-order valence-electron chi connectivity index (χ0n) is 14.2. The first-order valence-corrected chi connectivity index (χ1v) is 7.98. The molecule has 1 N–H and O–H groups in total. The average molecular weight is 390 g/mol. The molecule has 0 fully saturated rings. The predicted molar refractivity (Wildman–Crippen MR) is 91.2 cm³/mol. The Hall–Kier alpha value is -2.28. The first-order chi connectivity index (χ1) is 12.0. The van der Waals surface area contributed by atoms with E-state index in [0.717, 1.165) is 25.1 Å². The molecule has 0 aliphatic rings. The van der Waals surface area contributed by atoms with Gasteiger partial charge >= 0.3 is 0 Å². The van der Waals surface area contributed by atoms with Crippen molar-refractivity contribution in [1.82, 2.24) is 0 Å². The van der Waals surface area contributed by atoms with Gasteiger partial charge in [0.15, 0.2) is 6.10 Å². The minimum absolute atomic E-state index is 0.0677. The van der Waals surface area contributed by atoms with Crippen molar-refractivity contribution in [3.63, 3.8) is 0 Å².